The maximum atomic E-state index is 12.3. The number of aliphatic hydroxyl groups is 1. The zero-order valence-electron chi connectivity index (χ0n) is 16.6. The molecule has 29 heavy (non-hydrogen) atoms. The Hall–Kier alpha value is -2.57. The predicted molar refractivity (Wildman–Crippen MR) is 112 cm³/mol. The van der Waals surface area contributed by atoms with Crippen LogP contribution in [0.1, 0.15) is 42.6 Å². The lowest BCUT2D eigenvalue weighted by Gasteiger charge is -2.26. The molecule has 0 fully saturated rings. The molecule has 0 bridgehead atoms. The number of hydrogen-bond donors (Lipinski definition) is 3. The Morgan fingerprint density at radius 2 is 2.24 bits per heavy atom. The number of hydrogen-bond acceptors (Lipinski definition) is 4. The molecule has 0 saturated carbocycles. The van der Waals surface area contributed by atoms with Crippen LogP contribution in [-0.4, -0.2) is 33.3 Å². The summed E-state index contributed by atoms with van der Waals surface area (Å²) >= 11 is 0. The first-order valence-electron chi connectivity index (χ1n) is 10.5. The van der Waals surface area contributed by atoms with Gasteiger partial charge in [-0.3, -0.25) is 4.57 Å². The number of H-pyrrole nitrogens is 1. The van der Waals surface area contributed by atoms with E-state index in [9.17, 15) is 9.90 Å². The largest absolute Gasteiger partial charge is 0.493 e. The van der Waals surface area contributed by atoms with E-state index in [0.717, 1.165) is 48.2 Å². The molecule has 0 aliphatic carbocycles. The normalized spacial score (nSPS) is 21.6. The third kappa shape index (κ3) is 3.36. The van der Waals surface area contributed by atoms with E-state index in [1.54, 1.807) is 4.57 Å². The van der Waals surface area contributed by atoms with Crippen molar-refractivity contribution in [1.29, 1.82) is 0 Å². The van der Waals surface area contributed by atoms with Crippen LogP contribution in [0.25, 0.3) is 11.0 Å². The highest BCUT2D eigenvalue weighted by Crippen LogP contribution is 2.30. The molecule has 152 valence electrons. The number of aliphatic hydroxyl groups excluding tert-OH is 1. The first-order valence-corrected chi connectivity index (χ1v) is 10.5. The van der Waals surface area contributed by atoms with Crippen LogP contribution in [0.5, 0.6) is 5.75 Å². The quantitative estimate of drug-likeness (QED) is 0.623. The number of benzene rings is 2. The smallest absolute Gasteiger partial charge is 0.326 e. The molecule has 3 atom stereocenters. The van der Waals surface area contributed by atoms with Gasteiger partial charge in [0.15, 0.2) is 0 Å². The van der Waals surface area contributed by atoms with Crippen molar-refractivity contribution in [3.63, 3.8) is 0 Å². The minimum atomic E-state index is -0.637. The molecule has 3 aromatic rings. The van der Waals surface area contributed by atoms with Gasteiger partial charge in [0.2, 0.25) is 0 Å². The first-order chi connectivity index (χ1) is 14.1. The van der Waals surface area contributed by atoms with Gasteiger partial charge in [-0.2, -0.15) is 0 Å². The van der Waals surface area contributed by atoms with Crippen LogP contribution >= 0.6 is 0 Å². The number of nitrogens with zero attached hydrogens (tertiary/aromatic N) is 1. The van der Waals surface area contributed by atoms with Gasteiger partial charge in [0.1, 0.15) is 5.75 Å². The first kappa shape index (κ1) is 18.5. The number of fused-ring (bicyclic) bond motifs is 1. The minimum Gasteiger partial charge on any atom is -0.493 e. The van der Waals surface area contributed by atoms with E-state index in [-0.39, 0.29) is 17.8 Å². The Balaban J connectivity index is 1.27. The molecule has 0 saturated heterocycles. The van der Waals surface area contributed by atoms with Crippen molar-refractivity contribution in [2.45, 2.75) is 57.3 Å². The highest BCUT2D eigenvalue weighted by Gasteiger charge is 2.29. The molecule has 2 aliphatic rings. The van der Waals surface area contributed by atoms with Crippen molar-refractivity contribution in [2.24, 2.45) is 0 Å². The van der Waals surface area contributed by atoms with E-state index in [4.69, 9.17) is 4.74 Å². The lowest BCUT2D eigenvalue weighted by atomic mass is 9.97. The van der Waals surface area contributed by atoms with E-state index in [1.807, 2.05) is 18.2 Å². The van der Waals surface area contributed by atoms with Crippen molar-refractivity contribution >= 4 is 11.0 Å². The SMILES string of the molecule is CC(CCc1ccc2c(c1)CCO2)N[C@@H]1CCn2c(=O)[nH]c3cccc(c32)C1O. The summed E-state index contributed by atoms with van der Waals surface area (Å²) in [4.78, 5) is 15.2. The van der Waals surface area contributed by atoms with Crippen LogP contribution in [0.15, 0.2) is 41.2 Å². The van der Waals surface area contributed by atoms with Crippen LogP contribution in [0.3, 0.4) is 0 Å². The van der Waals surface area contributed by atoms with E-state index in [0.29, 0.717) is 13.0 Å². The fourth-order valence-electron chi connectivity index (χ4n) is 4.74. The molecule has 2 aromatic carbocycles. The van der Waals surface area contributed by atoms with Crippen LogP contribution < -0.4 is 15.7 Å². The van der Waals surface area contributed by atoms with Crippen molar-refractivity contribution in [3.8, 4) is 5.75 Å². The van der Waals surface area contributed by atoms with Crippen LogP contribution in [0.2, 0.25) is 0 Å². The highest BCUT2D eigenvalue weighted by atomic mass is 16.5. The Labute approximate surface area is 169 Å². The summed E-state index contributed by atoms with van der Waals surface area (Å²) in [5.41, 5.74) is 4.98. The zero-order valence-corrected chi connectivity index (χ0v) is 16.6. The summed E-state index contributed by atoms with van der Waals surface area (Å²) in [7, 11) is 0. The Morgan fingerprint density at radius 1 is 1.34 bits per heavy atom. The number of para-hydroxylation sites is 1. The maximum Gasteiger partial charge on any atom is 0.326 e. The van der Waals surface area contributed by atoms with Crippen LogP contribution in [-0.2, 0) is 19.4 Å². The molecule has 2 unspecified atom stereocenters. The molecule has 1 aromatic heterocycles. The van der Waals surface area contributed by atoms with E-state index >= 15 is 0 Å². The third-order valence-electron chi connectivity index (χ3n) is 6.31. The number of ether oxygens (including phenoxy) is 1. The second-order valence-electron chi connectivity index (χ2n) is 8.31. The van der Waals surface area contributed by atoms with E-state index < -0.39 is 6.10 Å². The monoisotopic (exact) mass is 393 g/mol. The fraction of sp³-hybridized carbons (Fsp3) is 0.435. The van der Waals surface area contributed by atoms with Gasteiger partial charge in [-0.25, -0.2) is 4.79 Å². The molecule has 6 heteroatoms. The topological polar surface area (TPSA) is 79.3 Å². The standard InChI is InChI=1S/C23H27N3O3/c1-14(5-6-15-7-8-20-16(13-15)10-12-29-20)24-19-9-11-26-21-17(22(19)27)3-2-4-18(21)25-23(26)28/h2-4,7-8,13-14,19,22,24,27H,5-6,9-12H2,1H3,(H,25,28)/t14?,19-,22?/m1/s1. The molecule has 0 amide bonds. The van der Waals surface area contributed by atoms with Crippen molar-refractivity contribution in [3.05, 3.63) is 63.6 Å². The summed E-state index contributed by atoms with van der Waals surface area (Å²) in [5.74, 6) is 1.02. The molecule has 5 rings (SSSR count). The minimum absolute atomic E-state index is 0.0803. The van der Waals surface area contributed by atoms with Gasteiger partial charge in [-0.1, -0.05) is 24.3 Å². The van der Waals surface area contributed by atoms with Gasteiger partial charge in [-0.05, 0) is 49.4 Å². The number of aromatic nitrogens is 2. The zero-order chi connectivity index (χ0) is 20.0. The van der Waals surface area contributed by atoms with Gasteiger partial charge >= 0.3 is 5.69 Å². The van der Waals surface area contributed by atoms with Crippen LogP contribution in [0.4, 0.5) is 0 Å². The summed E-state index contributed by atoms with van der Waals surface area (Å²) in [6.07, 6.45) is 3.04. The number of imidazole rings is 1. The lowest BCUT2D eigenvalue weighted by molar-refractivity contribution is 0.119. The summed E-state index contributed by atoms with van der Waals surface area (Å²) in [6, 6.07) is 12.4. The molecule has 2 aliphatic heterocycles. The van der Waals surface area contributed by atoms with Gasteiger partial charge < -0.3 is 20.1 Å². The highest BCUT2D eigenvalue weighted by molar-refractivity contribution is 5.79. The summed E-state index contributed by atoms with van der Waals surface area (Å²) in [5, 5.41) is 14.7. The number of rotatable bonds is 5. The van der Waals surface area contributed by atoms with Crippen molar-refractivity contribution in [2.75, 3.05) is 6.61 Å². The van der Waals surface area contributed by atoms with Crippen LogP contribution in [0, 0.1) is 0 Å². The molecular weight excluding hydrogens is 366 g/mol. The molecule has 3 N–H and O–H groups in total. The van der Waals surface area contributed by atoms with Gasteiger partial charge in [0.05, 0.1) is 23.7 Å². The number of aromatic amines is 1. The Bertz CT molecular complexity index is 1100. The van der Waals surface area contributed by atoms with E-state index in [1.165, 1.54) is 11.1 Å². The summed E-state index contributed by atoms with van der Waals surface area (Å²) in [6.45, 7) is 3.55. The second-order valence-corrected chi connectivity index (χ2v) is 8.31. The Kier molecular flexibility index (Phi) is 4.68. The number of aryl methyl sites for hydroxylation is 2. The molecule has 0 radical (unpaired) electrons. The molecule has 0 spiro atoms. The average Bonchev–Trinajstić information content (AvgIpc) is 3.28. The Morgan fingerprint density at radius 3 is 3.14 bits per heavy atom. The van der Waals surface area contributed by atoms with Gasteiger partial charge in [0.25, 0.3) is 0 Å². The van der Waals surface area contributed by atoms with Gasteiger partial charge in [-0.15, -0.1) is 0 Å². The van der Waals surface area contributed by atoms with Gasteiger partial charge in [0, 0.05) is 30.6 Å². The average molecular weight is 393 g/mol. The number of nitrogens with one attached hydrogen (secondary N) is 2. The van der Waals surface area contributed by atoms with Crippen molar-refractivity contribution < 1.29 is 9.84 Å². The second kappa shape index (κ2) is 7.35. The fourth-order valence-corrected chi connectivity index (χ4v) is 4.74. The molecular formula is C23H27N3O3. The third-order valence-corrected chi connectivity index (χ3v) is 6.31. The summed E-state index contributed by atoms with van der Waals surface area (Å²) < 4.78 is 7.35. The maximum absolute atomic E-state index is 12.3. The van der Waals surface area contributed by atoms with Crippen molar-refractivity contribution in [1.82, 2.24) is 14.9 Å². The molecule has 3 heterocycles. The molecule has 6 nitrogen and oxygen atoms in total. The lowest BCUT2D eigenvalue weighted by Crippen LogP contribution is -2.41. The predicted octanol–water partition coefficient (Wildman–Crippen LogP) is 2.68. The van der Waals surface area contributed by atoms with E-state index in [2.05, 4.69) is 35.4 Å².